The van der Waals surface area contributed by atoms with Gasteiger partial charge < -0.3 is 15.7 Å². The Morgan fingerprint density at radius 1 is 1.41 bits per heavy atom. The fraction of sp³-hybridized carbons (Fsp3) is 0.462. The number of nitrogens with two attached hydrogens (primary N) is 1. The van der Waals surface area contributed by atoms with E-state index in [1.807, 2.05) is 12.1 Å². The molecule has 2 rings (SSSR count). The molecule has 1 amide bonds. The molecule has 17 heavy (non-hydrogen) atoms. The zero-order chi connectivity index (χ0) is 12.3. The van der Waals surface area contributed by atoms with Crippen molar-refractivity contribution in [2.24, 2.45) is 0 Å². The van der Waals surface area contributed by atoms with Crippen molar-refractivity contribution in [3.05, 3.63) is 29.8 Å². The molecule has 0 radical (unpaired) electrons. The van der Waals surface area contributed by atoms with Gasteiger partial charge in [-0.3, -0.25) is 4.79 Å². The van der Waals surface area contributed by atoms with E-state index in [1.165, 1.54) is 0 Å². The van der Waals surface area contributed by atoms with Crippen LogP contribution in [0.5, 0.6) is 0 Å². The molecule has 0 aromatic heterocycles. The molecule has 1 aliphatic carbocycles. The van der Waals surface area contributed by atoms with Gasteiger partial charge in [-0.1, -0.05) is 12.1 Å². The molecule has 0 aliphatic heterocycles. The normalized spacial score (nSPS) is 15.4. The predicted octanol–water partition coefficient (Wildman–Crippen LogP) is 1.26. The van der Waals surface area contributed by atoms with Crippen LogP contribution >= 0.6 is 0 Å². The molecule has 1 aliphatic rings. The van der Waals surface area contributed by atoms with Gasteiger partial charge in [0.1, 0.15) is 0 Å². The van der Waals surface area contributed by atoms with E-state index in [1.54, 1.807) is 17.0 Å². The average molecular weight is 234 g/mol. The third-order valence-corrected chi connectivity index (χ3v) is 3.31. The lowest BCUT2D eigenvalue weighted by atomic mass is 9.91. The number of hydrogen-bond acceptors (Lipinski definition) is 3. The molecule has 1 aromatic rings. The van der Waals surface area contributed by atoms with Crippen molar-refractivity contribution in [3.63, 3.8) is 0 Å². The van der Waals surface area contributed by atoms with Crippen molar-refractivity contribution < 1.29 is 9.90 Å². The Hall–Kier alpha value is -1.55. The average Bonchev–Trinajstić information content (AvgIpc) is 2.26. The monoisotopic (exact) mass is 234 g/mol. The van der Waals surface area contributed by atoms with Gasteiger partial charge in [0.2, 0.25) is 0 Å². The standard InChI is InChI=1S/C13H18N2O2/c14-12-7-2-1-6-11(12)13(17)15(8-9-16)10-4-3-5-10/h1-2,6-7,10,16H,3-5,8-9,14H2. The third-order valence-electron chi connectivity index (χ3n) is 3.31. The van der Waals surface area contributed by atoms with Crippen LogP contribution in [0.4, 0.5) is 5.69 Å². The second kappa shape index (κ2) is 5.19. The van der Waals surface area contributed by atoms with E-state index in [9.17, 15) is 4.79 Å². The molecule has 4 heteroatoms. The van der Waals surface area contributed by atoms with Crippen LogP contribution in [0, 0.1) is 0 Å². The molecule has 1 aromatic carbocycles. The van der Waals surface area contributed by atoms with Crippen molar-refractivity contribution in [2.75, 3.05) is 18.9 Å². The minimum Gasteiger partial charge on any atom is -0.398 e. The van der Waals surface area contributed by atoms with Gasteiger partial charge in [-0.05, 0) is 31.4 Å². The zero-order valence-electron chi connectivity index (χ0n) is 9.80. The highest BCUT2D eigenvalue weighted by molar-refractivity contribution is 5.99. The van der Waals surface area contributed by atoms with Crippen molar-refractivity contribution in [2.45, 2.75) is 25.3 Å². The van der Waals surface area contributed by atoms with Crippen molar-refractivity contribution in [1.29, 1.82) is 0 Å². The fourth-order valence-corrected chi connectivity index (χ4v) is 2.10. The molecular formula is C13H18N2O2. The highest BCUT2D eigenvalue weighted by Gasteiger charge is 2.29. The van der Waals surface area contributed by atoms with E-state index in [0.29, 0.717) is 17.8 Å². The number of hydrogen-bond donors (Lipinski definition) is 2. The quantitative estimate of drug-likeness (QED) is 0.771. The molecule has 3 N–H and O–H groups in total. The molecule has 0 unspecified atom stereocenters. The molecule has 0 atom stereocenters. The number of amides is 1. The van der Waals surface area contributed by atoms with Gasteiger partial charge in [-0.25, -0.2) is 0 Å². The summed E-state index contributed by atoms with van der Waals surface area (Å²) in [6.45, 7) is 0.382. The highest BCUT2D eigenvalue weighted by Crippen LogP contribution is 2.26. The first-order valence-corrected chi connectivity index (χ1v) is 6.00. The number of carbonyl (C=O) groups is 1. The van der Waals surface area contributed by atoms with Gasteiger partial charge in [0.15, 0.2) is 0 Å². The zero-order valence-corrected chi connectivity index (χ0v) is 9.80. The first kappa shape index (κ1) is 11.9. The van der Waals surface area contributed by atoms with E-state index in [2.05, 4.69) is 0 Å². The van der Waals surface area contributed by atoms with Crippen molar-refractivity contribution in [3.8, 4) is 0 Å². The van der Waals surface area contributed by atoms with Crippen LogP contribution in [-0.4, -0.2) is 35.1 Å². The minimum atomic E-state index is -0.0677. The van der Waals surface area contributed by atoms with Crippen LogP contribution in [0.1, 0.15) is 29.6 Å². The number of benzene rings is 1. The van der Waals surface area contributed by atoms with Crippen molar-refractivity contribution >= 4 is 11.6 Å². The molecule has 0 saturated heterocycles. The Morgan fingerprint density at radius 3 is 2.65 bits per heavy atom. The van der Waals surface area contributed by atoms with E-state index < -0.39 is 0 Å². The second-order valence-electron chi connectivity index (χ2n) is 4.39. The van der Waals surface area contributed by atoms with Crippen LogP contribution in [0.3, 0.4) is 0 Å². The molecule has 0 spiro atoms. The number of nitrogen functional groups attached to an aromatic ring is 1. The largest absolute Gasteiger partial charge is 0.398 e. The topological polar surface area (TPSA) is 66.6 Å². The van der Waals surface area contributed by atoms with Crippen LogP contribution in [0.25, 0.3) is 0 Å². The number of para-hydroxylation sites is 1. The third kappa shape index (κ3) is 2.42. The molecule has 1 saturated carbocycles. The summed E-state index contributed by atoms with van der Waals surface area (Å²) in [4.78, 5) is 14.1. The SMILES string of the molecule is Nc1ccccc1C(=O)N(CCO)C1CCC1. The molecule has 92 valence electrons. The summed E-state index contributed by atoms with van der Waals surface area (Å²) in [5.41, 5.74) is 6.84. The summed E-state index contributed by atoms with van der Waals surface area (Å²) < 4.78 is 0. The number of aliphatic hydroxyl groups excluding tert-OH is 1. The van der Waals surface area contributed by atoms with Gasteiger partial charge in [0.05, 0.1) is 12.2 Å². The Kier molecular flexibility index (Phi) is 3.64. The number of carbonyl (C=O) groups excluding carboxylic acids is 1. The first-order valence-electron chi connectivity index (χ1n) is 6.00. The molecule has 0 bridgehead atoms. The van der Waals surface area contributed by atoms with Crippen molar-refractivity contribution in [1.82, 2.24) is 4.90 Å². The highest BCUT2D eigenvalue weighted by atomic mass is 16.3. The Bertz CT molecular complexity index is 402. The molecular weight excluding hydrogens is 216 g/mol. The first-order chi connectivity index (χ1) is 8.24. The smallest absolute Gasteiger partial charge is 0.256 e. The van der Waals surface area contributed by atoms with Gasteiger partial charge in [0, 0.05) is 18.3 Å². The van der Waals surface area contributed by atoms with Crippen LogP contribution in [-0.2, 0) is 0 Å². The van der Waals surface area contributed by atoms with Gasteiger partial charge >= 0.3 is 0 Å². The Morgan fingerprint density at radius 2 is 2.12 bits per heavy atom. The fourth-order valence-electron chi connectivity index (χ4n) is 2.10. The summed E-state index contributed by atoms with van der Waals surface area (Å²) in [5.74, 6) is -0.0677. The number of nitrogens with zero attached hydrogens (tertiary/aromatic N) is 1. The summed E-state index contributed by atoms with van der Waals surface area (Å²) in [5, 5.41) is 9.05. The minimum absolute atomic E-state index is 0.00498. The van der Waals surface area contributed by atoms with Gasteiger partial charge in [-0.15, -0.1) is 0 Å². The maximum absolute atomic E-state index is 12.3. The lowest BCUT2D eigenvalue weighted by Gasteiger charge is -2.37. The Balaban J connectivity index is 2.18. The number of aliphatic hydroxyl groups is 1. The van der Waals surface area contributed by atoms with Crippen LogP contribution in [0.15, 0.2) is 24.3 Å². The molecule has 4 nitrogen and oxygen atoms in total. The summed E-state index contributed by atoms with van der Waals surface area (Å²) in [6, 6.07) is 7.35. The summed E-state index contributed by atoms with van der Waals surface area (Å²) in [7, 11) is 0. The number of rotatable bonds is 4. The van der Waals surface area contributed by atoms with E-state index in [4.69, 9.17) is 10.8 Å². The maximum atomic E-state index is 12.3. The summed E-state index contributed by atoms with van der Waals surface area (Å²) in [6.07, 6.45) is 3.21. The molecule has 1 fully saturated rings. The van der Waals surface area contributed by atoms with E-state index in [-0.39, 0.29) is 18.6 Å². The summed E-state index contributed by atoms with van der Waals surface area (Å²) >= 11 is 0. The van der Waals surface area contributed by atoms with Gasteiger partial charge in [0.25, 0.3) is 5.91 Å². The molecule has 0 heterocycles. The maximum Gasteiger partial charge on any atom is 0.256 e. The van der Waals surface area contributed by atoms with Gasteiger partial charge in [-0.2, -0.15) is 0 Å². The Labute approximate surface area is 101 Å². The lowest BCUT2D eigenvalue weighted by Crippen LogP contribution is -2.45. The second-order valence-corrected chi connectivity index (χ2v) is 4.39. The predicted molar refractivity (Wildman–Crippen MR) is 66.6 cm³/mol. The number of anilines is 1. The van der Waals surface area contributed by atoms with Crippen LogP contribution in [0.2, 0.25) is 0 Å². The van der Waals surface area contributed by atoms with E-state index >= 15 is 0 Å². The van der Waals surface area contributed by atoms with Crippen LogP contribution < -0.4 is 5.73 Å². The van der Waals surface area contributed by atoms with E-state index in [0.717, 1.165) is 19.3 Å². The lowest BCUT2D eigenvalue weighted by molar-refractivity contribution is 0.0527.